The molecule has 0 N–H and O–H groups in total. The smallest absolute Gasteiger partial charge is 0.311 e. The Labute approximate surface area is 129 Å². The van der Waals surface area contributed by atoms with E-state index in [0.717, 1.165) is 5.57 Å². The van der Waals surface area contributed by atoms with Gasteiger partial charge in [-0.15, -0.1) is 0 Å². The third-order valence-corrected chi connectivity index (χ3v) is 3.16. The lowest BCUT2D eigenvalue weighted by Gasteiger charge is -2.19. The molecule has 2 bridgehead atoms. The average Bonchev–Trinajstić information content (AvgIpc) is 2.67. The Morgan fingerprint density at radius 1 is 1.27 bits per heavy atom. The SMILES string of the molecule is CC(C)(C)OC(=O)CC1=C([N+](=O)[O-])C2=CC=CC=C(C=C1)C2. The van der Waals surface area contributed by atoms with Crippen molar-refractivity contribution < 1.29 is 14.5 Å². The van der Waals surface area contributed by atoms with Gasteiger partial charge in [0.15, 0.2) is 0 Å². The quantitative estimate of drug-likeness (QED) is 0.453. The molecule has 0 saturated carbocycles. The Balaban J connectivity index is 2.38. The minimum absolute atomic E-state index is 0.00272. The molecule has 0 aliphatic heterocycles. The monoisotopic (exact) mass is 301 g/mol. The second-order valence-electron chi connectivity index (χ2n) is 6.22. The second kappa shape index (κ2) is 6.13. The molecule has 0 aromatic heterocycles. The van der Waals surface area contributed by atoms with Crippen LogP contribution >= 0.6 is 0 Å². The molecule has 0 unspecified atom stereocenters. The van der Waals surface area contributed by atoms with Crippen LogP contribution < -0.4 is 0 Å². The number of nitro groups is 1. The molecule has 0 fully saturated rings. The van der Waals surface area contributed by atoms with Gasteiger partial charge in [0, 0.05) is 17.6 Å². The third-order valence-electron chi connectivity index (χ3n) is 3.16. The van der Waals surface area contributed by atoms with Crippen molar-refractivity contribution >= 4 is 5.97 Å². The van der Waals surface area contributed by atoms with E-state index >= 15 is 0 Å². The molecular weight excluding hydrogens is 282 g/mol. The highest BCUT2D eigenvalue weighted by molar-refractivity contribution is 5.74. The van der Waals surface area contributed by atoms with Crippen molar-refractivity contribution in [1.82, 2.24) is 0 Å². The van der Waals surface area contributed by atoms with Gasteiger partial charge in [-0.3, -0.25) is 14.9 Å². The van der Waals surface area contributed by atoms with E-state index in [9.17, 15) is 14.9 Å². The molecular formula is C17H19NO4. The number of rotatable bonds is 3. The van der Waals surface area contributed by atoms with Gasteiger partial charge >= 0.3 is 5.97 Å². The fourth-order valence-corrected chi connectivity index (χ4v) is 2.37. The van der Waals surface area contributed by atoms with Crippen molar-refractivity contribution in [3.05, 3.63) is 69.0 Å². The van der Waals surface area contributed by atoms with Gasteiger partial charge in [0.1, 0.15) is 5.60 Å². The van der Waals surface area contributed by atoms with E-state index in [1.165, 1.54) is 0 Å². The predicted octanol–water partition coefficient (Wildman–Crippen LogP) is 3.63. The van der Waals surface area contributed by atoms with Gasteiger partial charge in [-0.1, -0.05) is 36.5 Å². The predicted molar refractivity (Wildman–Crippen MR) is 83.5 cm³/mol. The average molecular weight is 301 g/mol. The van der Waals surface area contributed by atoms with Gasteiger partial charge in [0.25, 0.3) is 5.70 Å². The maximum atomic E-state index is 12.0. The van der Waals surface area contributed by atoms with Crippen molar-refractivity contribution in [3.8, 4) is 0 Å². The Morgan fingerprint density at radius 3 is 2.59 bits per heavy atom. The molecule has 22 heavy (non-hydrogen) atoms. The maximum Gasteiger partial charge on any atom is 0.311 e. The Bertz CT molecular complexity index is 655. The number of carbonyl (C=O) groups is 1. The number of hydrogen-bond acceptors (Lipinski definition) is 4. The molecule has 5 nitrogen and oxygen atoms in total. The number of ether oxygens (including phenoxy) is 1. The minimum Gasteiger partial charge on any atom is -0.460 e. The van der Waals surface area contributed by atoms with Gasteiger partial charge < -0.3 is 4.74 Å². The lowest BCUT2D eigenvalue weighted by molar-refractivity contribution is -0.422. The van der Waals surface area contributed by atoms with E-state index in [2.05, 4.69) is 0 Å². The molecule has 2 rings (SSSR count). The van der Waals surface area contributed by atoms with Crippen molar-refractivity contribution in [2.75, 3.05) is 0 Å². The zero-order chi connectivity index (χ0) is 16.3. The summed E-state index contributed by atoms with van der Waals surface area (Å²) in [6.07, 6.45) is 11.1. The van der Waals surface area contributed by atoms with Gasteiger partial charge in [0.05, 0.1) is 11.3 Å². The second-order valence-corrected chi connectivity index (χ2v) is 6.22. The number of allylic oxidation sites excluding steroid dienone is 8. The van der Waals surface area contributed by atoms with Crippen molar-refractivity contribution in [1.29, 1.82) is 0 Å². The molecule has 0 heterocycles. The molecule has 0 spiro atoms. The van der Waals surface area contributed by atoms with Gasteiger partial charge in [-0.25, -0.2) is 0 Å². The summed E-state index contributed by atoms with van der Waals surface area (Å²) in [4.78, 5) is 23.1. The fraction of sp³-hybridized carbons (Fsp3) is 0.353. The van der Waals surface area contributed by atoms with Crippen LogP contribution in [0.5, 0.6) is 0 Å². The van der Waals surface area contributed by atoms with Crippen molar-refractivity contribution in [2.24, 2.45) is 0 Å². The molecule has 2 aliphatic rings. The summed E-state index contributed by atoms with van der Waals surface area (Å²) in [5.41, 5.74) is 1.34. The number of esters is 1. The third kappa shape index (κ3) is 4.04. The molecule has 0 amide bonds. The summed E-state index contributed by atoms with van der Waals surface area (Å²) in [6, 6.07) is 0. The number of hydrogen-bond donors (Lipinski definition) is 0. The molecule has 116 valence electrons. The van der Waals surface area contributed by atoms with Crippen LogP contribution in [-0.2, 0) is 9.53 Å². The van der Waals surface area contributed by atoms with Crippen LogP contribution in [0.3, 0.4) is 0 Å². The first-order valence-corrected chi connectivity index (χ1v) is 7.10. The van der Waals surface area contributed by atoms with E-state index in [1.807, 2.05) is 18.2 Å². The normalized spacial score (nSPS) is 17.4. The maximum absolute atomic E-state index is 12.0. The lowest BCUT2D eigenvalue weighted by atomic mass is 10.0. The highest BCUT2D eigenvalue weighted by Crippen LogP contribution is 2.31. The largest absolute Gasteiger partial charge is 0.460 e. The first-order valence-electron chi connectivity index (χ1n) is 7.10. The van der Waals surface area contributed by atoms with E-state index in [4.69, 9.17) is 4.74 Å². The molecule has 5 heteroatoms. The molecule has 0 saturated heterocycles. The Hall–Kier alpha value is -2.43. The van der Waals surface area contributed by atoms with Crippen LogP contribution in [0.4, 0.5) is 0 Å². The van der Waals surface area contributed by atoms with Crippen LogP contribution in [0.15, 0.2) is 58.9 Å². The number of carbonyl (C=O) groups excluding carboxylic acids is 1. The summed E-state index contributed by atoms with van der Waals surface area (Å²) in [5.74, 6) is -0.467. The Kier molecular flexibility index (Phi) is 4.45. The first-order chi connectivity index (χ1) is 10.3. The standard InChI is InChI=1S/C17H19NO4/c1-17(2,3)22-15(19)11-14-9-8-12-6-4-5-7-13(10-12)16(14)18(20)21/h4-9H,10-11H2,1-3H3. The zero-order valence-electron chi connectivity index (χ0n) is 13.0. The summed E-state index contributed by atoms with van der Waals surface area (Å²) < 4.78 is 5.27. The first kappa shape index (κ1) is 15.9. The summed E-state index contributed by atoms with van der Waals surface area (Å²) in [7, 11) is 0. The van der Waals surface area contributed by atoms with Crippen molar-refractivity contribution in [2.45, 2.75) is 39.2 Å². The molecule has 0 atom stereocenters. The topological polar surface area (TPSA) is 69.4 Å². The summed E-state index contributed by atoms with van der Waals surface area (Å²) in [6.45, 7) is 5.31. The summed E-state index contributed by atoms with van der Waals surface area (Å²) >= 11 is 0. The Morgan fingerprint density at radius 2 is 1.95 bits per heavy atom. The van der Waals surface area contributed by atoms with Crippen molar-refractivity contribution in [3.63, 3.8) is 0 Å². The summed E-state index contributed by atoms with van der Waals surface area (Å²) in [5, 5.41) is 11.5. The van der Waals surface area contributed by atoms with E-state index < -0.39 is 16.5 Å². The number of fused-ring (bicyclic) bond motifs is 2. The van der Waals surface area contributed by atoms with Crippen LogP contribution in [0, 0.1) is 10.1 Å². The van der Waals surface area contributed by atoms with Gasteiger partial charge in [-0.2, -0.15) is 0 Å². The molecule has 0 aromatic rings. The fourth-order valence-electron chi connectivity index (χ4n) is 2.37. The van der Waals surface area contributed by atoms with Crippen LogP contribution in [0.2, 0.25) is 0 Å². The van der Waals surface area contributed by atoms with Gasteiger partial charge in [-0.05, 0) is 26.3 Å². The minimum atomic E-state index is -0.612. The lowest BCUT2D eigenvalue weighted by Crippen LogP contribution is -2.24. The number of nitrogens with zero attached hydrogens (tertiary/aromatic N) is 1. The van der Waals surface area contributed by atoms with Crippen LogP contribution in [-0.4, -0.2) is 16.5 Å². The highest BCUT2D eigenvalue weighted by atomic mass is 16.6. The van der Waals surface area contributed by atoms with Crippen LogP contribution in [0.1, 0.15) is 33.6 Å². The van der Waals surface area contributed by atoms with E-state index in [1.54, 1.807) is 39.0 Å². The molecule has 0 radical (unpaired) electrons. The van der Waals surface area contributed by atoms with Crippen LogP contribution in [0.25, 0.3) is 0 Å². The van der Waals surface area contributed by atoms with E-state index in [-0.39, 0.29) is 12.1 Å². The molecule has 2 aliphatic carbocycles. The van der Waals surface area contributed by atoms with Gasteiger partial charge in [0.2, 0.25) is 0 Å². The molecule has 0 aromatic carbocycles. The zero-order valence-corrected chi connectivity index (χ0v) is 13.0. The highest BCUT2D eigenvalue weighted by Gasteiger charge is 2.28. The van der Waals surface area contributed by atoms with E-state index in [0.29, 0.717) is 17.6 Å².